The maximum absolute atomic E-state index is 12.5. The number of methoxy groups -OCH3 is 1. The molecule has 0 saturated carbocycles. The standard InChI is InChI=1S/C16H22N2O3/c1-16(2,3)17-14(19)13-8-9-18(15(13)20)11-6-5-7-12(10-11)21-4/h5-7,10,13H,8-9H2,1-4H3,(H,17,19)/t13-/m0/s1. The van der Waals surface area contributed by atoms with Crippen molar-refractivity contribution in [1.82, 2.24) is 5.32 Å². The van der Waals surface area contributed by atoms with E-state index < -0.39 is 5.92 Å². The third-order valence-corrected chi connectivity index (χ3v) is 3.39. The molecule has 21 heavy (non-hydrogen) atoms. The maximum Gasteiger partial charge on any atom is 0.239 e. The molecule has 5 nitrogen and oxygen atoms in total. The van der Waals surface area contributed by atoms with Crippen LogP contribution in [0.3, 0.4) is 0 Å². The fraction of sp³-hybridized carbons (Fsp3) is 0.500. The molecule has 1 heterocycles. The minimum Gasteiger partial charge on any atom is -0.497 e. The molecule has 1 aromatic rings. The number of anilines is 1. The van der Waals surface area contributed by atoms with Crippen molar-refractivity contribution < 1.29 is 14.3 Å². The molecule has 114 valence electrons. The number of amides is 2. The number of carbonyl (C=O) groups excluding carboxylic acids is 2. The highest BCUT2D eigenvalue weighted by Crippen LogP contribution is 2.28. The van der Waals surface area contributed by atoms with Crippen LogP contribution in [0.15, 0.2) is 24.3 Å². The van der Waals surface area contributed by atoms with Crippen LogP contribution in [-0.4, -0.2) is 31.0 Å². The Morgan fingerprint density at radius 3 is 2.71 bits per heavy atom. The first-order chi connectivity index (χ1) is 9.81. The van der Waals surface area contributed by atoms with E-state index in [2.05, 4.69) is 5.32 Å². The summed E-state index contributed by atoms with van der Waals surface area (Å²) in [7, 11) is 1.59. The Bertz CT molecular complexity index is 549. The van der Waals surface area contributed by atoms with E-state index >= 15 is 0 Å². The molecule has 1 atom stereocenters. The van der Waals surface area contributed by atoms with Crippen molar-refractivity contribution in [2.75, 3.05) is 18.6 Å². The van der Waals surface area contributed by atoms with Crippen molar-refractivity contribution >= 4 is 17.5 Å². The lowest BCUT2D eigenvalue weighted by Gasteiger charge is -2.23. The number of hydrogen-bond donors (Lipinski definition) is 1. The van der Waals surface area contributed by atoms with E-state index in [0.29, 0.717) is 18.7 Å². The van der Waals surface area contributed by atoms with Gasteiger partial charge < -0.3 is 15.0 Å². The predicted molar refractivity (Wildman–Crippen MR) is 81.3 cm³/mol. The fourth-order valence-electron chi connectivity index (χ4n) is 2.41. The molecule has 0 spiro atoms. The van der Waals surface area contributed by atoms with Crippen molar-refractivity contribution in [3.63, 3.8) is 0 Å². The number of nitrogens with zero attached hydrogens (tertiary/aromatic N) is 1. The topological polar surface area (TPSA) is 58.6 Å². The lowest BCUT2D eigenvalue weighted by molar-refractivity contribution is -0.133. The Kier molecular flexibility index (Phi) is 4.21. The lowest BCUT2D eigenvalue weighted by Crippen LogP contribution is -2.45. The highest BCUT2D eigenvalue weighted by Gasteiger charge is 2.38. The molecule has 1 fully saturated rings. The zero-order valence-electron chi connectivity index (χ0n) is 13.0. The van der Waals surface area contributed by atoms with Gasteiger partial charge in [0.1, 0.15) is 11.7 Å². The molecular weight excluding hydrogens is 268 g/mol. The van der Waals surface area contributed by atoms with Crippen molar-refractivity contribution in [2.24, 2.45) is 5.92 Å². The first-order valence-electron chi connectivity index (χ1n) is 7.09. The van der Waals surface area contributed by atoms with E-state index in [1.807, 2.05) is 45.0 Å². The van der Waals surface area contributed by atoms with Gasteiger partial charge in [-0.05, 0) is 39.3 Å². The SMILES string of the molecule is COc1cccc(N2CC[C@@H](C(=O)NC(C)(C)C)C2=O)c1. The first-order valence-corrected chi connectivity index (χ1v) is 7.09. The van der Waals surface area contributed by atoms with Gasteiger partial charge in [-0.1, -0.05) is 6.07 Å². The second-order valence-electron chi connectivity index (χ2n) is 6.27. The largest absolute Gasteiger partial charge is 0.497 e. The van der Waals surface area contributed by atoms with Crippen LogP contribution in [0.4, 0.5) is 5.69 Å². The van der Waals surface area contributed by atoms with Crippen LogP contribution in [0.5, 0.6) is 5.75 Å². The smallest absolute Gasteiger partial charge is 0.239 e. The van der Waals surface area contributed by atoms with Gasteiger partial charge >= 0.3 is 0 Å². The molecule has 0 unspecified atom stereocenters. The molecular formula is C16H22N2O3. The highest BCUT2D eigenvalue weighted by molar-refractivity contribution is 6.09. The van der Waals surface area contributed by atoms with Gasteiger partial charge in [0.2, 0.25) is 11.8 Å². The summed E-state index contributed by atoms with van der Waals surface area (Å²) >= 11 is 0. The summed E-state index contributed by atoms with van der Waals surface area (Å²) in [4.78, 5) is 26.3. The van der Waals surface area contributed by atoms with Gasteiger partial charge in [-0.2, -0.15) is 0 Å². The number of hydrogen-bond acceptors (Lipinski definition) is 3. The lowest BCUT2D eigenvalue weighted by atomic mass is 10.0. The second-order valence-corrected chi connectivity index (χ2v) is 6.27. The minimum absolute atomic E-state index is 0.148. The number of nitrogens with one attached hydrogen (secondary N) is 1. The first kappa shape index (κ1) is 15.4. The van der Waals surface area contributed by atoms with Crippen molar-refractivity contribution in [2.45, 2.75) is 32.7 Å². The van der Waals surface area contributed by atoms with Crippen LogP contribution in [0.2, 0.25) is 0 Å². The van der Waals surface area contributed by atoms with Crippen LogP contribution >= 0.6 is 0 Å². The Balaban J connectivity index is 2.12. The van der Waals surface area contributed by atoms with Gasteiger partial charge in [0.05, 0.1) is 7.11 Å². The molecule has 1 aliphatic heterocycles. The van der Waals surface area contributed by atoms with E-state index in [4.69, 9.17) is 4.74 Å². The summed E-state index contributed by atoms with van der Waals surface area (Å²) in [6.07, 6.45) is 0.540. The van der Waals surface area contributed by atoms with E-state index in [1.54, 1.807) is 12.0 Å². The van der Waals surface area contributed by atoms with Gasteiger partial charge in [0, 0.05) is 23.8 Å². The molecule has 2 rings (SSSR count). The zero-order valence-corrected chi connectivity index (χ0v) is 13.0. The normalized spacial score (nSPS) is 18.8. The van der Waals surface area contributed by atoms with E-state index in [9.17, 15) is 9.59 Å². The minimum atomic E-state index is -0.601. The van der Waals surface area contributed by atoms with E-state index in [-0.39, 0.29) is 17.4 Å². The quantitative estimate of drug-likeness (QED) is 0.866. The monoisotopic (exact) mass is 290 g/mol. The van der Waals surface area contributed by atoms with Crippen molar-refractivity contribution in [3.05, 3.63) is 24.3 Å². The third kappa shape index (κ3) is 3.54. The number of benzene rings is 1. The van der Waals surface area contributed by atoms with Crippen LogP contribution in [0.25, 0.3) is 0 Å². The fourth-order valence-corrected chi connectivity index (χ4v) is 2.41. The van der Waals surface area contributed by atoms with Gasteiger partial charge in [0.25, 0.3) is 0 Å². The van der Waals surface area contributed by atoms with Crippen molar-refractivity contribution in [1.29, 1.82) is 0 Å². The summed E-state index contributed by atoms with van der Waals surface area (Å²) in [6, 6.07) is 7.32. The third-order valence-electron chi connectivity index (χ3n) is 3.39. The van der Waals surface area contributed by atoms with Gasteiger partial charge in [0.15, 0.2) is 0 Å². The molecule has 5 heteroatoms. The molecule has 1 N–H and O–H groups in total. The van der Waals surface area contributed by atoms with Gasteiger partial charge in [-0.15, -0.1) is 0 Å². The number of ether oxygens (including phenoxy) is 1. The predicted octanol–water partition coefficient (Wildman–Crippen LogP) is 1.96. The summed E-state index contributed by atoms with van der Waals surface area (Å²) < 4.78 is 5.17. The molecule has 0 aliphatic carbocycles. The zero-order chi connectivity index (χ0) is 15.6. The van der Waals surface area contributed by atoms with Crippen LogP contribution < -0.4 is 15.0 Å². The number of carbonyl (C=O) groups is 2. The molecule has 0 aromatic heterocycles. The second kappa shape index (κ2) is 5.76. The van der Waals surface area contributed by atoms with Crippen LogP contribution in [0.1, 0.15) is 27.2 Å². The molecule has 1 aromatic carbocycles. The average Bonchev–Trinajstić information content (AvgIpc) is 2.79. The molecule has 2 amide bonds. The summed E-state index contributed by atoms with van der Waals surface area (Å²) in [5.41, 5.74) is 0.436. The molecule has 0 bridgehead atoms. The molecule has 0 radical (unpaired) electrons. The number of rotatable bonds is 3. The van der Waals surface area contributed by atoms with Crippen LogP contribution in [-0.2, 0) is 9.59 Å². The Morgan fingerprint density at radius 1 is 1.38 bits per heavy atom. The molecule has 1 saturated heterocycles. The maximum atomic E-state index is 12.5. The van der Waals surface area contributed by atoms with Gasteiger partial charge in [-0.25, -0.2) is 0 Å². The van der Waals surface area contributed by atoms with E-state index in [0.717, 1.165) is 5.69 Å². The summed E-state index contributed by atoms with van der Waals surface area (Å²) in [5.74, 6) is -0.249. The van der Waals surface area contributed by atoms with Gasteiger partial charge in [-0.3, -0.25) is 9.59 Å². The highest BCUT2D eigenvalue weighted by atomic mass is 16.5. The average molecular weight is 290 g/mol. The summed E-state index contributed by atoms with van der Waals surface area (Å²) in [6.45, 7) is 6.27. The molecule has 1 aliphatic rings. The Morgan fingerprint density at radius 2 is 2.10 bits per heavy atom. The summed E-state index contributed by atoms with van der Waals surface area (Å²) in [5, 5.41) is 2.87. The Hall–Kier alpha value is -2.04. The van der Waals surface area contributed by atoms with E-state index in [1.165, 1.54) is 0 Å². The van der Waals surface area contributed by atoms with Crippen molar-refractivity contribution in [3.8, 4) is 5.75 Å². The van der Waals surface area contributed by atoms with Crippen LogP contribution in [0, 0.1) is 5.92 Å². The Labute approximate surface area is 125 Å².